The zero-order valence-electron chi connectivity index (χ0n) is 15.3. The highest BCUT2D eigenvalue weighted by molar-refractivity contribution is 5.89. The molecule has 0 bridgehead atoms. The highest BCUT2D eigenvalue weighted by Crippen LogP contribution is 2.26. The SMILES string of the molecule is CN(C)CCN1CC(C(=O)N2CCNCC2c2nccn2C)CC1=O. The lowest BCUT2D eigenvalue weighted by Gasteiger charge is -2.37. The molecule has 138 valence electrons. The van der Waals surface area contributed by atoms with Crippen LogP contribution in [-0.4, -0.2) is 89.4 Å². The van der Waals surface area contributed by atoms with Gasteiger partial charge in [0.25, 0.3) is 0 Å². The van der Waals surface area contributed by atoms with Gasteiger partial charge in [-0.3, -0.25) is 9.59 Å². The molecule has 8 heteroatoms. The Morgan fingerprint density at radius 3 is 2.92 bits per heavy atom. The van der Waals surface area contributed by atoms with Crippen LogP contribution < -0.4 is 5.32 Å². The number of rotatable bonds is 5. The van der Waals surface area contributed by atoms with Gasteiger partial charge in [-0.15, -0.1) is 0 Å². The summed E-state index contributed by atoms with van der Waals surface area (Å²) in [5.74, 6) is 0.809. The summed E-state index contributed by atoms with van der Waals surface area (Å²) in [6.45, 7) is 4.15. The predicted octanol–water partition coefficient (Wildman–Crippen LogP) is -0.697. The summed E-state index contributed by atoms with van der Waals surface area (Å²) in [7, 11) is 5.92. The zero-order chi connectivity index (χ0) is 18.0. The average molecular weight is 348 g/mol. The zero-order valence-corrected chi connectivity index (χ0v) is 15.3. The maximum absolute atomic E-state index is 13.1. The second-order valence-electron chi connectivity index (χ2n) is 7.19. The van der Waals surface area contributed by atoms with Crippen molar-refractivity contribution in [2.45, 2.75) is 12.5 Å². The number of nitrogens with one attached hydrogen (secondary N) is 1. The highest BCUT2D eigenvalue weighted by atomic mass is 16.2. The van der Waals surface area contributed by atoms with Gasteiger partial charge in [-0.2, -0.15) is 0 Å². The van der Waals surface area contributed by atoms with E-state index in [1.165, 1.54) is 0 Å². The number of piperazine rings is 1. The quantitative estimate of drug-likeness (QED) is 0.762. The number of aryl methyl sites for hydroxylation is 1. The first-order valence-electron chi connectivity index (χ1n) is 8.88. The molecule has 2 atom stereocenters. The number of hydrogen-bond donors (Lipinski definition) is 1. The molecule has 1 N–H and O–H groups in total. The fourth-order valence-electron chi connectivity index (χ4n) is 3.61. The topological polar surface area (TPSA) is 73.7 Å². The van der Waals surface area contributed by atoms with Crippen molar-refractivity contribution in [3.05, 3.63) is 18.2 Å². The highest BCUT2D eigenvalue weighted by Gasteiger charge is 2.40. The van der Waals surface area contributed by atoms with E-state index in [1.807, 2.05) is 41.7 Å². The molecule has 1 aromatic rings. The first-order valence-corrected chi connectivity index (χ1v) is 8.88. The van der Waals surface area contributed by atoms with Crippen LogP contribution in [0.5, 0.6) is 0 Å². The number of carbonyl (C=O) groups excluding carboxylic acids is 2. The molecular weight excluding hydrogens is 320 g/mol. The molecule has 1 aromatic heterocycles. The van der Waals surface area contributed by atoms with E-state index in [0.717, 1.165) is 18.9 Å². The van der Waals surface area contributed by atoms with Gasteiger partial charge < -0.3 is 24.6 Å². The molecule has 2 aliphatic rings. The molecule has 2 aliphatic heterocycles. The Morgan fingerprint density at radius 1 is 1.44 bits per heavy atom. The van der Waals surface area contributed by atoms with Crippen molar-refractivity contribution in [2.24, 2.45) is 13.0 Å². The minimum absolute atomic E-state index is 0.0767. The molecule has 25 heavy (non-hydrogen) atoms. The van der Waals surface area contributed by atoms with Crippen molar-refractivity contribution < 1.29 is 9.59 Å². The van der Waals surface area contributed by atoms with Crippen LogP contribution in [0.15, 0.2) is 12.4 Å². The molecule has 2 amide bonds. The minimum Gasteiger partial charge on any atom is -0.341 e. The van der Waals surface area contributed by atoms with E-state index in [4.69, 9.17) is 0 Å². The molecule has 2 unspecified atom stereocenters. The van der Waals surface area contributed by atoms with Gasteiger partial charge in [-0.1, -0.05) is 0 Å². The average Bonchev–Trinajstić information content (AvgIpc) is 3.18. The van der Waals surface area contributed by atoms with Gasteiger partial charge in [-0.05, 0) is 14.1 Å². The predicted molar refractivity (Wildman–Crippen MR) is 93.8 cm³/mol. The fourth-order valence-corrected chi connectivity index (χ4v) is 3.61. The Hall–Kier alpha value is -1.93. The van der Waals surface area contributed by atoms with Gasteiger partial charge in [0.1, 0.15) is 11.9 Å². The van der Waals surface area contributed by atoms with Crippen molar-refractivity contribution in [3.63, 3.8) is 0 Å². The summed E-state index contributed by atoms with van der Waals surface area (Å²) in [5.41, 5.74) is 0. The number of aromatic nitrogens is 2. The number of imidazole rings is 1. The van der Waals surface area contributed by atoms with E-state index in [-0.39, 0.29) is 23.8 Å². The van der Waals surface area contributed by atoms with Crippen molar-refractivity contribution in [1.82, 2.24) is 29.6 Å². The van der Waals surface area contributed by atoms with Crippen molar-refractivity contribution >= 4 is 11.8 Å². The van der Waals surface area contributed by atoms with E-state index in [2.05, 4.69) is 15.2 Å². The van der Waals surface area contributed by atoms with Gasteiger partial charge >= 0.3 is 0 Å². The standard InChI is InChI=1S/C17H28N6O2/c1-20(2)8-9-22-12-13(10-15(22)24)17(25)23-7-4-18-11-14(23)16-19-5-6-21(16)3/h5-6,13-14,18H,4,7-12H2,1-3H3. The molecule has 8 nitrogen and oxygen atoms in total. The molecule has 3 rings (SSSR count). The molecule has 0 aliphatic carbocycles. The smallest absolute Gasteiger partial charge is 0.228 e. The molecule has 2 fully saturated rings. The van der Waals surface area contributed by atoms with Crippen LogP contribution in [0.3, 0.4) is 0 Å². The molecule has 0 saturated carbocycles. The number of nitrogens with zero attached hydrogens (tertiary/aromatic N) is 5. The van der Waals surface area contributed by atoms with Crippen LogP contribution in [0.2, 0.25) is 0 Å². The van der Waals surface area contributed by atoms with Crippen LogP contribution in [-0.2, 0) is 16.6 Å². The Kier molecular flexibility index (Phi) is 5.39. The largest absolute Gasteiger partial charge is 0.341 e. The number of likely N-dealkylation sites (tertiary alicyclic amines) is 1. The molecule has 2 saturated heterocycles. The fraction of sp³-hybridized carbons (Fsp3) is 0.706. The monoisotopic (exact) mass is 348 g/mol. The Morgan fingerprint density at radius 2 is 2.24 bits per heavy atom. The van der Waals surface area contributed by atoms with Gasteiger partial charge in [0.15, 0.2) is 0 Å². The second kappa shape index (κ2) is 7.53. The normalized spacial score (nSPS) is 24.4. The third-order valence-corrected chi connectivity index (χ3v) is 5.06. The third-order valence-electron chi connectivity index (χ3n) is 5.06. The van der Waals surface area contributed by atoms with Crippen LogP contribution in [0, 0.1) is 5.92 Å². The Bertz CT molecular complexity index is 628. The first kappa shape index (κ1) is 17.9. The summed E-state index contributed by atoms with van der Waals surface area (Å²) in [6, 6.07) is -0.0767. The lowest BCUT2D eigenvalue weighted by molar-refractivity contribution is -0.139. The maximum atomic E-state index is 13.1. The number of likely N-dealkylation sites (N-methyl/N-ethyl adjacent to an activating group) is 1. The summed E-state index contributed by atoms with van der Waals surface area (Å²) in [6.07, 6.45) is 3.98. The number of hydrogen-bond acceptors (Lipinski definition) is 5. The molecular formula is C17H28N6O2. The Balaban J connectivity index is 1.69. The van der Waals surface area contributed by atoms with Gasteiger partial charge in [0, 0.05) is 65.1 Å². The van der Waals surface area contributed by atoms with Crippen molar-refractivity contribution in [1.29, 1.82) is 0 Å². The summed E-state index contributed by atoms with van der Waals surface area (Å²) >= 11 is 0. The first-order chi connectivity index (χ1) is 12.0. The molecule has 3 heterocycles. The van der Waals surface area contributed by atoms with Gasteiger partial charge in [0.05, 0.1) is 5.92 Å². The van der Waals surface area contributed by atoms with Crippen molar-refractivity contribution in [2.75, 3.05) is 53.4 Å². The van der Waals surface area contributed by atoms with E-state index < -0.39 is 0 Å². The molecule has 0 aromatic carbocycles. The van der Waals surface area contributed by atoms with Crippen LogP contribution in [0.25, 0.3) is 0 Å². The number of carbonyl (C=O) groups is 2. The van der Waals surface area contributed by atoms with E-state index in [1.54, 1.807) is 6.20 Å². The third kappa shape index (κ3) is 3.85. The van der Waals surface area contributed by atoms with E-state index >= 15 is 0 Å². The van der Waals surface area contributed by atoms with E-state index in [0.29, 0.717) is 32.6 Å². The Labute approximate surface area is 148 Å². The lowest BCUT2D eigenvalue weighted by atomic mass is 10.0. The van der Waals surface area contributed by atoms with Crippen LogP contribution in [0.4, 0.5) is 0 Å². The minimum atomic E-state index is -0.240. The summed E-state index contributed by atoms with van der Waals surface area (Å²) < 4.78 is 1.96. The maximum Gasteiger partial charge on any atom is 0.228 e. The van der Waals surface area contributed by atoms with E-state index in [9.17, 15) is 9.59 Å². The van der Waals surface area contributed by atoms with Crippen LogP contribution >= 0.6 is 0 Å². The summed E-state index contributed by atoms with van der Waals surface area (Å²) in [4.78, 5) is 35.6. The molecule has 0 spiro atoms. The molecule has 0 radical (unpaired) electrons. The second-order valence-corrected chi connectivity index (χ2v) is 7.19. The van der Waals surface area contributed by atoms with Crippen molar-refractivity contribution in [3.8, 4) is 0 Å². The van der Waals surface area contributed by atoms with Crippen LogP contribution in [0.1, 0.15) is 18.3 Å². The summed E-state index contributed by atoms with van der Waals surface area (Å²) in [5, 5.41) is 3.35. The van der Waals surface area contributed by atoms with Gasteiger partial charge in [-0.25, -0.2) is 4.98 Å². The number of amides is 2. The lowest BCUT2D eigenvalue weighted by Crippen LogP contribution is -2.51. The van der Waals surface area contributed by atoms with Gasteiger partial charge in [0.2, 0.25) is 11.8 Å².